The van der Waals surface area contributed by atoms with Crippen LogP contribution in [0, 0.1) is 5.82 Å². The summed E-state index contributed by atoms with van der Waals surface area (Å²) in [6.07, 6.45) is 1.63. The highest BCUT2D eigenvalue weighted by Gasteiger charge is 2.34. The Morgan fingerprint density at radius 3 is 2.09 bits per heavy atom. The third kappa shape index (κ3) is 5.93. The van der Waals surface area contributed by atoms with Crippen molar-refractivity contribution in [2.75, 3.05) is 13.1 Å². The summed E-state index contributed by atoms with van der Waals surface area (Å²) in [6.45, 7) is 6.54. The van der Waals surface area contributed by atoms with Gasteiger partial charge in [0.25, 0.3) is 11.8 Å². The van der Waals surface area contributed by atoms with E-state index in [4.69, 9.17) is 4.74 Å². The predicted octanol–water partition coefficient (Wildman–Crippen LogP) is 5.03. The van der Waals surface area contributed by atoms with Crippen LogP contribution in [0.15, 0.2) is 48.5 Å². The van der Waals surface area contributed by atoms with Crippen LogP contribution in [0.5, 0.6) is 0 Å². The van der Waals surface area contributed by atoms with Crippen molar-refractivity contribution in [2.24, 2.45) is 0 Å². The average Bonchev–Trinajstić information content (AvgIpc) is 2.98. The molecule has 3 rings (SSSR count). The minimum atomic E-state index is -0.621. The van der Waals surface area contributed by atoms with Crippen LogP contribution in [0.25, 0.3) is 0 Å². The van der Waals surface area contributed by atoms with Crippen molar-refractivity contribution < 1.29 is 23.5 Å². The van der Waals surface area contributed by atoms with Gasteiger partial charge in [-0.25, -0.2) is 9.18 Å². The number of ether oxygens (including phenoxy) is 1. The number of carbonyl (C=O) groups is 3. The molecule has 0 aromatic heterocycles. The van der Waals surface area contributed by atoms with E-state index in [0.29, 0.717) is 43.6 Å². The highest BCUT2D eigenvalue weighted by Crippen LogP contribution is 2.23. The predicted molar refractivity (Wildman–Crippen MR) is 119 cm³/mol. The number of halogens is 1. The van der Waals surface area contributed by atoms with Crippen LogP contribution in [-0.2, 0) is 11.3 Å². The smallest absolute Gasteiger partial charge is 0.410 e. The molecule has 32 heavy (non-hydrogen) atoms. The Morgan fingerprint density at radius 1 is 0.938 bits per heavy atom. The Kier molecular flexibility index (Phi) is 7.28. The van der Waals surface area contributed by atoms with Crippen molar-refractivity contribution in [2.45, 2.75) is 52.2 Å². The van der Waals surface area contributed by atoms with Gasteiger partial charge in [-0.1, -0.05) is 24.3 Å². The molecule has 7 heteroatoms. The number of imide groups is 1. The summed E-state index contributed by atoms with van der Waals surface area (Å²) in [4.78, 5) is 40.4. The molecule has 0 bridgehead atoms. The quantitative estimate of drug-likeness (QED) is 0.427. The lowest BCUT2D eigenvalue weighted by atomic mass is 10.1. The fourth-order valence-corrected chi connectivity index (χ4v) is 3.56. The number of unbranched alkanes of at least 4 members (excludes halogenated alkanes) is 2. The summed E-state index contributed by atoms with van der Waals surface area (Å²) >= 11 is 0. The van der Waals surface area contributed by atoms with Crippen molar-refractivity contribution in [3.05, 3.63) is 71.0 Å². The Hall–Kier alpha value is -3.22. The summed E-state index contributed by atoms with van der Waals surface area (Å²) < 4.78 is 18.7. The Morgan fingerprint density at radius 2 is 1.53 bits per heavy atom. The third-order valence-electron chi connectivity index (χ3n) is 5.13. The SMILES string of the molecule is CC(C)(C)OC(=O)N(CCCCCN1C(=O)c2ccccc2C1=O)Cc1ccc(F)cc1. The lowest BCUT2D eigenvalue weighted by Crippen LogP contribution is -2.37. The molecule has 6 nitrogen and oxygen atoms in total. The van der Waals surface area contributed by atoms with Gasteiger partial charge in [0, 0.05) is 19.6 Å². The van der Waals surface area contributed by atoms with Crippen LogP contribution in [0.4, 0.5) is 9.18 Å². The molecule has 170 valence electrons. The number of fused-ring (bicyclic) bond motifs is 1. The largest absolute Gasteiger partial charge is 0.444 e. The maximum absolute atomic E-state index is 13.2. The van der Waals surface area contributed by atoms with Crippen molar-refractivity contribution in [3.63, 3.8) is 0 Å². The van der Waals surface area contributed by atoms with Crippen molar-refractivity contribution in [1.82, 2.24) is 9.80 Å². The normalized spacial score (nSPS) is 13.3. The van der Waals surface area contributed by atoms with Crippen LogP contribution in [0.2, 0.25) is 0 Å². The highest BCUT2D eigenvalue weighted by atomic mass is 19.1. The van der Waals surface area contributed by atoms with E-state index >= 15 is 0 Å². The van der Waals surface area contributed by atoms with Crippen LogP contribution in [0.3, 0.4) is 0 Å². The minimum absolute atomic E-state index is 0.253. The standard InChI is InChI=1S/C25H29FN2O4/c1-25(2,3)32-24(31)27(17-18-11-13-19(26)14-12-18)15-7-4-8-16-28-22(29)20-9-5-6-10-21(20)23(28)30/h5-6,9-14H,4,7-8,15-17H2,1-3H3. The number of rotatable bonds is 8. The maximum Gasteiger partial charge on any atom is 0.410 e. The van der Waals surface area contributed by atoms with Crippen LogP contribution in [0.1, 0.15) is 66.3 Å². The van der Waals surface area contributed by atoms with Crippen LogP contribution >= 0.6 is 0 Å². The summed E-state index contributed by atoms with van der Waals surface area (Å²) in [6, 6.07) is 12.9. The van der Waals surface area contributed by atoms with Gasteiger partial charge in [-0.05, 0) is 69.9 Å². The summed E-state index contributed by atoms with van der Waals surface area (Å²) in [5.41, 5.74) is 1.09. The van der Waals surface area contributed by atoms with Gasteiger partial charge in [0.2, 0.25) is 0 Å². The van der Waals surface area contributed by atoms with Gasteiger partial charge >= 0.3 is 6.09 Å². The number of nitrogens with zero attached hydrogens (tertiary/aromatic N) is 2. The van der Waals surface area contributed by atoms with E-state index in [9.17, 15) is 18.8 Å². The molecule has 0 unspecified atom stereocenters. The van der Waals surface area contributed by atoms with E-state index in [0.717, 1.165) is 12.0 Å². The second kappa shape index (κ2) is 9.94. The van der Waals surface area contributed by atoms with Crippen molar-refractivity contribution in [3.8, 4) is 0 Å². The number of carbonyl (C=O) groups excluding carboxylic acids is 3. The monoisotopic (exact) mass is 440 g/mol. The summed E-state index contributed by atoms with van der Waals surface area (Å²) in [5.74, 6) is -0.833. The van der Waals surface area contributed by atoms with Crippen LogP contribution < -0.4 is 0 Å². The summed E-state index contributed by atoms with van der Waals surface area (Å²) in [7, 11) is 0. The van der Waals surface area contributed by atoms with Gasteiger partial charge in [-0.15, -0.1) is 0 Å². The first kappa shape index (κ1) is 23.4. The molecular weight excluding hydrogens is 411 g/mol. The molecule has 3 amide bonds. The maximum atomic E-state index is 13.2. The topological polar surface area (TPSA) is 66.9 Å². The molecule has 1 aliphatic heterocycles. The fraction of sp³-hybridized carbons (Fsp3) is 0.400. The third-order valence-corrected chi connectivity index (χ3v) is 5.13. The van der Waals surface area contributed by atoms with E-state index in [1.54, 1.807) is 41.3 Å². The Balaban J connectivity index is 1.52. The average molecular weight is 441 g/mol. The highest BCUT2D eigenvalue weighted by molar-refractivity contribution is 6.21. The first-order valence-corrected chi connectivity index (χ1v) is 10.8. The Bertz CT molecular complexity index is 947. The lowest BCUT2D eigenvalue weighted by molar-refractivity contribution is 0.0230. The Labute approximate surface area is 188 Å². The molecule has 2 aromatic rings. The molecule has 1 aliphatic rings. The zero-order valence-corrected chi connectivity index (χ0v) is 18.8. The van der Waals surface area contributed by atoms with Gasteiger partial charge in [0.1, 0.15) is 11.4 Å². The second-order valence-corrected chi connectivity index (χ2v) is 8.90. The molecular formula is C25H29FN2O4. The molecule has 1 heterocycles. The molecule has 0 radical (unpaired) electrons. The van der Waals surface area contributed by atoms with E-state index in [1.165, 1.54) is 17.0 Å². The van der Waals surface area contributed by atoms with Gasteiger partial charge in [-0.3, -0.25) is 14.5 Å². The van der Waals surface area contributed by atoms with Gasteiger partial charge in [0.15, 0.2) is 0 Å². The number of amides is 3. The molecule has 0 saturated carbocycles. The zero-order chi connectivity index (χ0) is 23.3. The molecule has 0 fully saturated rings. The van der Waals surface area contributed by atoms with E-state index in [2.05, 4.69) is 0 Å². The first-order valence-electron chi connectivity index (χ1n) is 10.8. The lowest BCUT2D eigenvalue weighted by Gasteiger charge is -2.27. The van der Waals surface area contributed by atoms with Gasteiger partial charge in [0.05, 0.1) is 11.1 Å². The first-order chi connectivity index (χ1) is 15.2. The van der Waals surface area contributed by atoms with Crippen molar-refractivity contribution in [1.29, 1.82) is 0 Å². The van der Waals surface area contributed by atoms with Gasteiger partial charge in [-0.2, -0.15) is 0 Å². The van der Waals surface area contributed by atoms with E-state index in [1.807, 2.05) is 20.8 Å². The minimum Gasteiger partial charge on any atom is -0.444 e. The number of benzene rings is 2. The molecule has 0 atom stereocenters. The zero-order valence-electron chi connectivity index (χ0n) is 18.8. The van der Waals surface area contributed by atoms with E-state index < -0.39 is 11.7 Å². The van der Waals surface area contributed by atoms with Crippen molar-refractivity contribution >= 4 is 17.9 Å². The summed E-state index contributed by atoms with van der Waals surface area (Å²) in [5, 5.41) is 0. The molecule has 0 saturated heterocycles. The van der Waals surface area contributed by atoms with Crippen LogP contribution in [-0.4, -0.2) is 46.4 Å². The van der Waals surface area contributed by atoms with Gasteiger partial charge < -0.3 is 9.64 Å². The number of hydrogen-bond donors (Lipinski definition) is 0. The number of hydrogen-bond acceptors (Lipinski definition) is 4. The molecule has 0 aliphatic carbocycles. The molecule has 0 spiro atoms. The second-order valence-electron chi connectivity index (χ2n) is 8.90. The fourth-order valence-electron chi connectivity index (χ4n) is 3.56. The van der Waals surface area contributed by atoms with E-state index in [-0.39, 0.29) is 17.6 Å². The molecule has 0 N–H and O–H groups in total. The molecule has 2 aromatic carbocycles.